The van der Waals surface area contributed by atoms with Gasteiger partial charge in [0.05, 0.1) is 39.1 Å². The molecule has 0 amide bonds. The second-order valence-electron chi connectivity index (χ2n) is 11.3. The molecule has 6 heteroatoms. The fourth-order valence-electron chi connectivity index (χ4n) is 6.18. The molecule has 0 radical (unpaired) electrons. The molecule has 46 heavy (non-hydrogen) atoms. The largest absolute Gasteiger partial charge is 0.254 e. The first-order valence-corrected chi connectivity index (χ1v) is 15.1. The lowest BCUT2D eigenvalue weighted by Crippen LogP contribution is -1.90. The fourth-order valence-corrected chi connectivity index (χ4v) is 6.18. The van der Waals surface area contributed by atoms with Crippen molar-refractivity contribution < 1.29 is 0 Å². The maximum atomic E-state index is 5.02. The Morgan fingerprint density at radius 1 is 0.391 bits per heavy atom. The van der Waals surface area contributed by atoms with E-state index >= 15 is 0 Å². The monoisotopic (exact) mass is 588 g/mol. The third kappa shape index (κ3) is 4.52. The van der Waals surface area contributed by atoms with Gasteiger partial charge in [0.2, 0.25) is 0 Å². The van der Waals surface area contributed by atoms with E-state index < -0.39 is 0 Å². The Labute approximate surface area is 264 Å². The number of hydrogen-bond donors (Lipinski definition) is 0. The van der Waals surface area contributed by atoms with Crippen LogP contribution < -0.4 is 0 Å². The van der Waals surface area contributed by atoms with Crippen molar-refractivity contribution >= 4 is 43.6 Å². The van der Waals surface area contributed by atoms with Gasteiger partial charge in [0.1, 0.15) is 6.33 Å². The molecule has 0 atom stereocenters. The minimum atomic E-state index is 0.812. The molecule has 0 aliphatic carbocycles. The first-order valence-electron chi connectivity index (χ1n) is 15.1. The first kappa shape index (κ1) is 26.0. The van der Waals surface area contributed by atoms with Crippen LogP contribution in [0.15, 0.2) is 146 Å². The van der Waals surface area contributed by atoms with Gasteiger partial charge in [-0.05, 0) is 76.9 Å². The molecule has 0 N–H and O–H groups in total. The van der Waals surface area contributed by atoms with Crippen molar-refractivity contribution in [2.45, 2.75) is 0 Å². The summed E-state index contributed by atoms with van der Waals surface area (Å²) in [7, 11) is 0. The van der Waals surface area contributed by atoms with Crippen LogP contribution in [0.2, 0.25) is 0 Å². The molecule has 5 heterocycles. The average molecular weight is 589 g/mol. The Morgan fingerprint density at radius 3 is 1.83 bits per heavy atom. The lowest BCUT2D eigenvalue weighted by atomic mass is 9.98. The molecule has 4 aromatic carbocycles. The van der Waals surface area contributed by atoms with Crippen LogP contribution in [-0.4, -0.2) is 29.9 Å². The minimum Gasteiger partial charge on any atom is -0.254 e. The van der Waals surface area contributed by atoms with E-state index in [0.29, 0.717) is 0 Å². The van der Waals surface area contributed by atoms with Crippen molar-refractivity contribution in [2.75, 3.05) is 0 Å². The summed E-state index contributed by atoms with van der Waals surface area (Å²) in [5, 5.41) is 4.36. The van der Waals surface area contributed by atoms with Crippen LogP contribution in [0.4, 0.5) is 0 Å². The van der Waals surface area contributed by atoms with Crippen LogP contribution in [-0.2, 0) is 0 Å². The smallest absolute Gasteiger partial charge is 0.116 e. The quantitative estimate of drug-likeness (QED) is 0.191. The normalized spacial score (nSPS) is 11.5. The van der Waals surface area contributed by atoms with Crippen molar-refractivity contribution in [1.29, 1.82) is 0 Å². The zero-order chi connectivity index (χ0) is 30.5. The lowest BCUT2D eigenvalue weighted by molar-refractivity contribution is 1.16. The standard InChI is InChI=1S/C40H24N6/c1-2-27-7-12-33-32(17-21-43-40(33)39(27)42-19-1)25-3-5-26(6-4-25)34-15-10-30-22-28(8-13-35(30)45-34)29-9-14-36-31(23-29)11-16-38(46-36)37-18-20-41-24-44-37/h1-24H. The lowest BCUT2D eigenvalue weighted by Gasteiger charge is -2.10. The van der Waals surface area contributed by atoms with Crippen LogP contribution in [0, 0.1) is 0 Å². The van der Waals surface area contributed by atoms with E-state index in [1.807, 2.05) is 30.6 Å². The summed E-state index contributed by atoms with van der Waals surface area (Å²) in [5.41, 5.74) is 11.9. The maximum Gasteiger partial charge on any atom is 0.116 e. The van der Waals surface area contributed by atoms with Gasteiger partial charge in [-0.25, -0.2) is 19.9 Å². The van der Waals surface area contributed by atoms with E-state index in [2.05, 4.69) is 123 Å². The molecule has 0 bridgehead atoms. The molecule has 6 nitrogen and oxygen atoms in total. The number of nitrogens with zero attached hydrogens (tertiary/aromatic N) is 6. The van der Waals surface area contributed by atoms with E-state index in [-0.39, 0.29) is 0 Å². The summed E-state index contributed by atoms with van der Waals surface area (Å²) in [6.07, 6.45) is 6.96. The van der Waals surface area contributed by atoms with Crippen LogP contribution in [0.3, 0.4) is 0 Å². The highest BCUT2D eigenvalue weighted by Gasteiger charge is 2.11. The van der Waals surface area contributed by atoms with Gasteiger partial charge in [-0.3, -0.25) is 9.97 Å². The molecule has 0 aliphatic heterocycles. The van der Waals surface area contributed by atoms with Crippen molar-refractivity contribution in [2.24, 2.45) is 0 Å². The molecule has 214 valence electrons. The zero-order valence-corrected chi connectivity index (χ0v) is 24.5. The summed E-state index contributed by atoms with van der Waals surface area (Å²) in [5.74, 6) is 0. The van der Waals surface area contributed by atoms with Gasteiger partial charge >= 0.3 is 0 Å². The van der Waals surface area contributed by atoms with Crippen LogP contribution in [0.5, 0.6) is 0 Å². The SMILES string of the molecule is c1cnc2c(c1)ccc1c(-c3ccc(-c4ccc5cc(-c6ccc7nc(-c8ccncn8)ccc7c6)ccc5n4)cc3)ccnc12. The number of fused-ring (bicyclic) bond motifs is 5. The molecule has 9 rings (SSSR count). The molecule has 0 aliphatic rings. The average Bonchev–Trinajstić information content (AvgIpc) is 3.14. The molecule has 0 saturated heterocycles. The van der Waals surface area contributed by atoms with Gasteiger partial charge in [-0.1, -0.05) is 66.7 Å². The summed E-state index contributed by atoms with van der Waals surface area (Å²) in [4.78, 5) is 27.4. The molecule has 9 aromatic rings. The topological polar surface area (TPSA) is 77.3 Å². The Bertz CT molecular complexity index is 2580. The molecular formula is C40H24N6. The molecule has 0 spiro atoms. The van der Waals surface area contributed by atoms with Crippen molar-refractivity contribution in [3.8, 4) is 44.9 Å². The summed E-state index contributed by atoms with van der Waals surface area (Å²) in [6.45, 7) is 0. The number of pyridine rings is 4. The first-order chi connectivity index (χ1) is 22.8. The van der Waals surface area contributed by atoms with Crippen molar-refractivity contribution in [3.63, 3.8) is 0 Å². The van der Waals surface area contributed by atoms with E-state index in [9.17, 15) is 0 Å². The fraction of sp³-hybridized carbons (Fsp3) is 0. The van der Waals surface area contributed by atoms with E-state index in [0.717, 1.165) is 88.5 Å². The summed E-state index contributed by atoms with van der Waals surface area (Å²) < 4.78 is 0. The van der Waals surface area contributed by atoms with Gasteiger partial charge in [0.25, 0.3) is 0 Å². The number of rotatable bonds is 4. The van der Waals surface area contributed by atoms with Crippen molar-refractivity contribution in [1.82, 2.24) is 29.9 Å². The number of hydrogen-bond acceptors (Lipinski definition) is 6. The van der Waals surface area contributed by atoms with Crippen LogP contribution in [0.1, 0.15) is 0 Å². The maximum absolute atomic E-state index is 5.02. The molecule has 0 fully saturated rings. The van der Waals surface area contributed by atoms with Crippen LogP contribution >= 0.6 is 0 Å². The van der Waals surface area contributed by atoms with Crippen LogP contribution in [0.25, 0.3) is 88.5 Å². The summed E-state index contributed by atoms with van der Waals surface area (Å²) in [6, 6.07) is 42.0. The van der Waals surface area contributed by atoms with Gasteiger partial charge < -0.3 is 0 Å². The van der Waals surface area contributed by atoms with Gasteiger partial charge in [0.15, 0.2) is 0 Å². The highest BCUT2D eigenvalue weighted by atomic mass is 14.8. The second-order valence-corrected chi connectivity index (χ2v) is 11.3. The van der Waals surface area contributed by atoms with E-state index in [1.165, 1.54) is 0 Å². The Kier molecular flexibility index (Phi) is 6.03. The zero-order valence-electron chi connectivity index (χ0n) is 24.5. The molecular weight excluding hydrogens is 564 g/mol. The Hall–Kier alpha value is -6.40. The molecule has 0 saturated carbocycles. The number of aromatic nitrogens is 6. The Morgan fingerprint density at radius 2 is 1.07 bits per heavy atom. The number of benzene rings is 4. The third-order valence-corrected chi connectivity index (χ3v) is 8.53. The Balaban J connectivity index is 1.01. The second kappa shape index (κ2) is 10.6. The predicted molar refractivity (Wildman–Crippen MR) is 185 cm³/mol. The highest BCUT2D eigenvalue weighted by molar-refractivity contribution is 6.08. The van der Waals surface area contributed by atoms with Gasteiger partial charge in [-0.2, -0.15) is 0 Å². The molecule has 0 unspecified atom stereocenters. The predicted octanol–water partition coefficient (Wildman–Crippen LogP) is 9.34. The highest BCUT2D eigenvalue weighted by Crippen LogP contribution is 2.33. The van der Waals surface area contributed by atoms with Crippen molar-refractivity contribution in [3.05, 3.63) is 146 Å². The van der Waals surface area contributed by atoms with E-state index in [4.69, 9.17) is 9.97 Å². The minimum absolute atomic E-state index is 0.812. The molecule has 5 aromatic heterocycles. The summed E-state index contributed by atoms with van der Waals surface area (Å²) >= 11 is 0. The van der Waals surface area contributed by atoms with Gasteiger partial charge in [-0.15, -0.1) is 0 Å². The van der Waals surface area contributed by atoms with E-state index in [1.54, 1.807) is 12.5 Å². The third-order valence-electron chi connectivity index (χ3n) is 8.53. The van der Waals surface area contributed by atoms with Gasteiger partial charge in [0, 0.05) is 45.7 Å².